The van der Waals surface area contributed by atoms with E-state index in [-0.39, 0.29) is 6.04 Å². The second-order valence-electron chi connectivity index (χ2n) is 4.90. The molecular weight excluding hydrogens is 254 g/mol. The molecule has 114 valence electrons. The van der Waals surface area contributed by atoms with Crippen molar-refractivity contribution < 1.29 is 9.90 Å². The summed E-state index contributed by atoms with van der Waals surface area (Å²) in [5.74, 6) is -0.933. The van der Waals surface area contributed by atoms with Crippen molar-refractivity contribution >= 4 is 5.97 Å². The average molecular weight is 281 g/mol. The van der Waals surface area contributed by atoms with Crippen LogP contribution in [0.1, 0.15) is 31.7 Å². The molecule has 0 aliphatic rings. The Morgan fingerprint density at radius 1 is 1.20 bits per heavy atom. The van der Waals surface area contributed by atoms with Crippen molar-refractivity contribution in [1.29, 1.82) is 0 Å². The van der Waals surface area contributed by atoms with E-state index in [1.165, 1.54) is 5.56 Å². The number of carboxylic acid groups (broad SMARTS) is 1. The molecule has 0 aromatic heterocycles. The lowest BCUT2D eigenvalue weighted by atomic mass is 10.1. The molecule has 7 N–H and O–H groups in total. The van der Waals surface area contributed by atoms with E-state index in [4.69, 9.17) is 22.3 Å². The van der Waals surface area contributed by atoms with Crippen LogP contribution < -0.4 is 17.2 Å². The molecule has 1 aromatic carbocycles. The zero-order valence-corrected chi connectivity index (χ0v) is 12.2. The lowest BCUT2D eigenvalue weighted by molar-refractivity contribution is -0.138. The smallest absolute Gasteiger partial charge is 0.320 e. The topological polar surface area (TPSA) is 115 Å². The van der Waals surface area contributed by atoms with Crippen LogP contribution in [-0.4, -0.2) is 29.7 Å². The molecule has 0 saturated heterocycles. The zero-order valence-electron chi connectivity index (χ0n) is 12.2. The standard InChI is InChI=1S/C9H13N.C6H14N2O2/c1-8(10)7-9-5-3-2-4-6-9;7-4-2-1-3-5(8)6(9)10/h2-6,8H,7,10H2,1H3;5H,1-4,7-8H2,(H,9,10)/t;5-/m.0/s1. The fourth-order valence-corrected chi connectivity index (χ4v) is 1.62. The molecule has 0 amide bonds. The highest BCUT2D eigenvalue weighted by molar-refractivity contribution is 5.72. The zero-order chi connectivity index (χ0) is 15.4. The molecule has 0 radical (unpaired) electrons. The van der Waals surface area contributed by atoms with Gasteiger partial charge < -0.3 is 22.3 Å². The maximum Gasteiger partial charge on any atom is 0.320 e. The van der Waals surface area contributed by atoms with Crippen molar-refractivity contribution in [2.75, 3.05) is 6.54 Å². The third-order valence-electron chi connectivity index (χ3n) is 2.69. The Hall–Kier alpha value is -1.43. The van der Waals surface area contributed by atoms with E-state index in [0.717, 1.165) is 19.3 Å². The number of rotatable bonds is 7. The van der Waals surface area contributed by atoms with Gasteiger partial charge in [-0.2, -0.15) is 0 Å². The number of hydrogen-bond acceptors (Lipinski definition) is 4. The highest BCUT2D eigenvalue weighted by Crippen LogP contribution is 2.00. The van der Waals surface area contributed by atoms with Crippen LogP contribution in [0.15, 0.2) is 30.3 Å². The highest BCUT2D eigenvalue weighted by Gasteiger charge is 2.09. The fraction of sp³-hybridized carbons (Fsp3) is 0.533. The monoisotopic (exact) mass is 281 g/mol. The van der Waals surface area contributed by atoms with Gasteiger partial charge in [-0.05, 0) is 38.3 Å². The summed E-state index contributed by atoms with van der Waals surface area (Å²) in [6.45, 7) is 2.62. The predicted molar refractivity (Wildman–Crippen MR) is 82.3 cm³/mol. The van der Waals surface area contributed by atoms with Crippen molar-refractivity contribution in [2.24, 2.45) is 17.2 Å². The van der Waals surface area contributed by atoms with Gasteiger partial charge in [0.05, 0.1) is 0 Å². The Morgan fingerprint density at radius 2 is 1.80 bits per heavy atom. The first kappa shape index (κ1) is 18.6. The second-order valence-corrected chi connectivity index (χ2v) is 4.90. The van der Waals surface area contributed by atoms with Gasteiger partial charge in [0, 0.05) is 6.04 Å². The Morgan fingerprint density at radius 3 is 2.25 bits per heavy atom. The fourth-order valence-electron chi connectivity index (χ4n) is 1.62. The average Bonchev–Trinajstić information content (AvgIpc) is 2.40. The lowest BCUT2D eigenvalue weighted by Crippen LogP contribution is -2.29. The number of carbonyl (C=O) groups is 1. The Labute approximate surface area is 121 Å². The molecule has 1 rings (SSSR count). The molecule has 1 unspecified atom stereocenters. The molecule has 1 aromatic rings. The van der Waals surface area contributed by atoms with Crippen molar-refractivity contribution in [2.45, 2.75) is 44.7 Å². The predicted octanol–water partition coefficient (Wildman–Crippen LogP) is 1.10. The van der Waals surface area contributed by atoms with Crippen LogP contribution in [0.5, 0.6) is 0 Å². The highest BCUT2D eigenvalue weighted by atomic mass is 16.4. The second kappa shape index (κ2) is 11.4. The summed E-state index contributed by atoms with van der Waals surface area (Å²) < 4.78 is 0. The first-order valence-corrected chi connectivity index (χ1v) is 6.95. The van der Waals surface area contributed by atoms with Crippen LogP contribution >= 0.6 is 0 Å². The van der Waals surface area contributed by atoms with E-state index in [1.807, 2.05) is 25.1 Å². The van der Waals surface area contributed by atoms with E-state index >= 15 is 0 Å². The van der Waals surface area contributed by atoms with Gasteiger partial charge in [0.25, 0.3) is 0 Å². The minimum absolute atomic E-state index is 0.266. The third-order valence-corrected chi connectivity index (χ3v) is 2.69. The van der Waals surface area contributed by atoms with Gasteiger partial charge in [0.15, 0.2) is 0 Å². The summed E-state index contributed by atoms with van der Waals surface area (Å²) in [5, 5.41) is 8.33. The number of hydrogen-bond donors (Lipinski definition) is 4. The first-order chi connectivity index (χ1) is 9.47. The summed E-state index contributed by atoms with van der Waals surface area (Å²) in [4.78, 5) is 10.1. The lowest BCUT2D eigenvalue weighted by Gasteiger charge is -2.03. The SMILES string of the molecule is CC(N)Cc1ccccc1.NCCCC[C@H](N)C(=O)O. The maximum absolute atomic E-state index is 10.1. The van der Waals surface area contributed by atoms with E-state index in [0.29, 0.717) is 13.0 Å². The first-order valence-electron chi connectivity index (χ1n) is 6.95. The quantitative estimate of drug-likeness (QED) is 0.559. The van der Waals surface area contributed by atoms with Crippen LogP contribution in [0.2, 0.25) is 0 Å². The number of nitrogens with two attached hydrogens (primary N) is 3. The van der Waals surface area contributed by atoms with Crippen molar-refractivity contribution in [3.05, 3.63) is 35.9 Å². The minimum Gasteiger partial charge on any atom is -0.480 e. The van der Waals surface area contributed by atoms with E-state index in [1.54, 1.807) is 0 Å². The normalized spacial score (nSPS) is 13.0. The van der Waals surface area contributed by atoms with Crippen LogP contribution in [0.3, 0.4) is 0 Å². The molecule has 20 heavy (non-hydrogen) atoms. The Balaban J connectivity index is 0.000000361. The minimum atomic E-state index is -0.933. The molecule has 0 aliphatic carbocycles. The summed E-state index contributed by atoms with van der Waals surface area (Å²) in [6.07, 6.45) is 3.14. The van der Waals surface area contributed by atoms with Gasteiger partial charge in [-0.3, -0.25) is 4.79 Å². The van der Waals surface area contributed by atoms with Crippen LogP contribution in [0.4, 0.5) is 0 Å². The van der Waals surface area contributed by atoms with Gasteiger partial charge >= 0.3 is 5.97 Å². The molecule has 5 heteroatoms. The Kier molecular flexibility index (Phi) is 10.6. The van der Waals surface area contributed by atoms with Crippen molar-refractivity contribution in [3.63, 3.8) is 0 Å². The summed E-state index contributed by atoms with van der Waals surface area (Å²) in [5.41, 5.74) is 17.4. The van der Waals surface area contributed by atoms with Crippen molar-refractivity contribution in [1.82, 2.24) is 0 Å². The van der Waals surface area contributed by atoms with Crippen molar-refractivity contribution in [3.8, 4) is 0 Å². The molecule has 0 aliphatic heterocycles. The molecule has 0 spiro atoms. The van der Waals surface area contributed by atoms with Gasteiger partial charge in [0.2, 0.25) is 0 Å². The molecule has 2 atom stereocenters. The van der Waals surface area contributed by atoms with Gasteiger partial charge in [0.1, 0.15) is 6.04 Å². The summed E-state index contributed by atoms with van der Waals surface area (Å²) in [6, 6.07) is 9.85. The molecule has 5 nitrogen and oxygen atoms in total. The van der Waals surface area contributed by atoms with Gasteiger partial charge in [-0.15, -0.1) is 0 Å². The number of benzene rings is 1. The number of unbranched alkanes of at least 4 members (excludes halogenated alkanes) is 1. The van der Waals surface area contributed by atoms with E-state index in [9.17, 15) is 4.79 Å². The number of aliphatic carboxylic acids is 1. The van der Waals surface area contributed by atoms with Crippen LogP contribution in [0, 0.1) is 0 Å². The molecule has 0 heterocycles. The van der Waals surface area contributed by atoms with Crippen LogP contribution in [0.25, 0.3) is 0 Å². The molecule has 0 bridgehead atoms. The molecule has 0 saturated carbocycles. The van der Waals surface area contributed by atoms with Crippen LogP contribution in [-0.2, 0) is 11.2 Å². The number of carboxylic acids is 1. The maximum atomic E-state index is 10.1. The Bertz CT molecular complexity index is 355. The van der Waals surface area contributed by atoms with E-state index in [2.05, 4.69) is 12.1 Å². The summed E-state index contributed by atoms with van der Waals surface area (Å²) in [7, 11) is 0. The molecular formula is C15H27N3O2. The van der Waals surface area contributed by atoms with Gasteiger partial charge in [-0.1, -0.05) is 36.8 Å². The molecule has 0 fully saturated rings. The van der Waals surface area contributed by atoms with E-state index < -0.39 is 12.0 Å². The largest absolute Gasteiger partial charge is 0.480 e. The summed E-state index contributed by atoms with van der Waals surface area (Å²) >= 11 is 0. The van der Waals surface area contributed by atoms with Gasteiger partial charge in [-0.25, -0.2) is 0 Å². The third kappa shape index (κ3) is 10.5.